The molecule has 3 aromatic rings. The highest BCUT2D eigenvalue weighted by Crippen LogP contribution is 2.36. The van der Waals surface area contributed by atoms with E-state index in [-0.39, 0.29) is 0 Å². The van der Waals surface area contributed by atoms with Gasteiger partial charge in [0.1, 0.15) is 29.1 Å². The standard InChI is InChI=1S/C17H22N6S/c1-4-22-10-20-21-15(22)13-6-5-7-23(8-13)16-14-11(2)12(3)24-17(14)19-9-18-16/h9-10,13H,4-8H2,1-3H3. The molecule has 7 heteroatoms. The first-order valence-corrected chi connectivity index (χ1v) is 9.34. The number of aromatic nitrogens is 5. The second kappa shape index (κ2) is 6.12. The topological polar surface area (TPSA) is 59.7 Å². The lowest BCUT2D eigenvalue weighted by Crippen LogP contribution is -2.36. The van der Waals surface area contributed by atoms with E-state index in [1.165, 1.54) is 15.8 Å². The van der Waals surface area contributed by atoms with E-state index in [4.69, 9.17) is 0 Å². The van der Waals surface area contributed by atoms with Gasteiger partial charge in [0.2, 0.25) is 0 Å². The minimum Gasteiger partial charge on any atom is -0.355 e. The predicted molar refractivity (Wildman–Crippen MR) is 96.8 cm³/mol. The number of nitrogens with zero attached hydrogens (tertiary/aromatic N) is 6. The van der Waals surface area contributed by atoms with Crippen LogP contribution in [-0.4, -0.2) is 37.8 Å². The normalized spacial score (nSPS) is 18.5. The number of thiophene rings is 1. The van der Waals surface area contributed by atoms with Crippen molar-refractivity contribution in [1.82, 2.24) is 24.7 Å². The van der Waals surface area contributed by atoms with Crippen molar-refractivity contribution in [3.05, 3.63) is 28.9 Å². The summed E-state index contributed by atoms with van der Waals surface area (Å²) in [5, 5.41) is 9.70. The molecule has 0 aromatic carbocycles. The van der Waals surface area contributed by atoms with Crippen LogP contribution in [0.1, 0.15) is 41.9 Å². The Kier molecular flexibility index (Phi) is 3.96. The second-order valence-electron chi connectivity index (χ2n) is 6.42. The fraction of sp³-hybridized carbons (Fsp3) is 0.529. The molecule has 4 rings (SSSR count). The number of aryl methyl sites for hydroxylation is 3. The zero-order valence-corrected chi connectivity index (χ0v) is 15.2. The van der Waals surface area contributed by atoms with Crippen LogP contribution in [0, 0.1) is 13.8 Å². The van der Waals surface area contributed by atoms with Crippen LogP contribution >= 0.6 is 11.3 Å². The molecule has 3 aromatic heterocycles. The molecule has 0 amide bonds. The molecule has 6 nitrogen and oxygen atoms in total. The fourth-order valence-electron chi connectivity index (χ4n) is 3.61. The van der Waals surface area contributed by atoms with Gasteiger partial charge in [0.05, 0.1) is 5.39 Å². The second-order valence-corrected chi connectivity index (χ2v) is 7.62. The summed E-state index contributed by atoms with van der Waals surface area (Å²) in [5.41, 5.74) is 1.31. The molecule has 0 spiro atoms. The van der Waals surface area contributed by atoms with Crippen molar-refractivity contribution in [2.24, 2.45) is 0 Å². The molecule has 0 N–H and O–H groups in total. The summed E-state index contributed by atoms with van der Waals surface area (Å²) in [7, 11) is 0. The first-order chi connectivity index (χ1) is 11.7. The van der Waals surface area contributed by atoms with Crippen molar-refractivity contribution in [1.29, 1.82) is 0 Å². The van der Waals surface area contributed by atoms with Gasteiger partial charge in [-0.3, -0.25) is 0 Å². The molecule has 1 saturated heterocycles. The maximum absolute atomic E-state index is 4.64. The summed E-state index contributed by atoms with van der Waals surface area (Å²) in [4.78, 5) is 13.9. The minimum atomic E-state index is 0.409. The van der Waals surface area contributed by atoms with Gasteiger partial charge in [0.25, 0.3) is 0 Å². The van der Waals surface area contributed by atoms with Crippen LogP contribution in [0.2, 0.25) is 0 Å². The zero-order chi connectivity index (χ0) is 16.7. The summed E-state index contributed by atoms with van der Waals surface area (Å²) in [6, 6.07) is 0. The highest BCUT2D eigenvalue weighted by molar-refractivity contribution is 7.18. The first-order valence-electron chi connectivity index (χ1n) is 8.52. The van der Waals surface area contributed by atoms with Gasteiger partial charge in [0, 0.05) is 30.4 Å². The summed E-state index contributed by atoms with van der Waals surface area (Å²) in [6.45, 7) is 9.37. The molecule has 24 heavy (non-hydrogen) atoms. The maximum Gasteiger partial charge on any atom is 0.141 e. The third kappa shape index (κ3) is 2.47. The molecular weight excluding hydrogens is 320 g/mol. The van der Waals surface area contributed by atoms with E-state index in [0.717, 1.165) is 48.9 Å². The van der Waals surface area contributed by atoms with Crippen molar-refractivity contribution in [2.75, 3.05) is 18.0 Å². The van der Waals surface area contributed by atoms with Crippen LogP contribution in [0.25, 0.3) is 10.2 Å². The van der Waals surface area contributed by atoms with Gasteiger partial charge in [0.15, 0.2) is 0 Å². The van der Waals surface area contributed by atoms with E-state index in [0.29, 0.717) is 5.92 Å². The molecule has 0 aliphatic carbocycles. The zero-order valence-electron chi connectivity index (χ0n) is 14.4. The first kappa shape index (κ1) is 15.5. The molecular formula is C17H22N6S. The number of piperidine rings is 1. The Morgan fingerprint density at radius 1 is 1.29 bits per heavy atom. The van der Waals surface area contributed by atoms with Crippen LogP contribution in [0.4, 0.5) is 5.82 Å². The minimum absolute atomic E-state index is 0.409. The molecule has 0 saturated carbocycles. The molecule has 4 heterocycles. The van der Waals surface area contributed by atoms with Gasteiger partial charge < -0.3 is 9.47 Å². The lowest BCUT2D eigenvalue weighted by atomic mass is 9.96. The number of hydrogen-bond donors (Lipinski definition) is 0. The fourth-order valence-corrected chi connectivity index (χ4v) is 4.60. The number of rotatable bonds is 3. The van der Waals surface area contributed by atoms with Crippen LogP contribution < -0.4 is 4.90 Å². The molecule has 0 bridgehead atoms. The average molecular weight is 342 g/mol. The van der Waals surface area contributed by atoms with Crippen molar-refractivity contribution in [3.8, 4) is 0 Å². The van der Waals surface area contributed by atoms with E-state index in [2.05, 4.69) is 50.4 Å². The third-order valence-corrected chi connectivity index (χ3v) is 6.13. The van der Waals surface area contributed by atoms with Crippen molar-refractivity contribution >= 4 is 27.4 Å². The van der Waals surface area contributed by atoms with Gasteiger partial charge in [-0.2, -0.15) is 0 Å². The van der Waals surface area contributed by atoms with Crippen molar-refractivity contribution in [2.45, 2.75) is 46.1 Å². The predicted octanol–water partition coefficient (Wildman–Crippen LogP) is 3.30. The molecule has 1 atom stereocenters. The molecule has 126 valence electrons. The van der Waals surface area contributed by atoms with E-state index in [1.807, 2.05) is 6.33 Å². The van der Waals surface area contributed by atoms with Gasteiger partial charge in [-0.1, -0.05) is 0 Å². The maximum atomic E-state index is 4.64. The Hall–Kier alpha value is -2.02. The number of hydrogen-bond acceptors (Lipinski definition) is 6. The molecule has 1 aliphatic rings. The van der Waals surface area contributed by atoms with Crippen molar-refractivity contribution < 1.29 is 0 Å². The lowest BCUT2D eigenvalue weighted by molar-refractivity contribution is 0.471. The Bertz CT molecular complexity index is 867. The SMILES string of the molecule is CCn1cnnc1C1CCCN(c2ncnc3sc(C)c(C)c23)C1. The highest BCUT2D eigenvalue weighted by Gasteiger charge is 2.27. The van der Waals surface area contributed by atoms with Crippen LogP contribution in [-0.2, 0) is 6.54 Å². The van der Waals surface area contributed by atoms with Gasteiger partial charge in [-0.05, 0) is 39.2 Å². The van der Waals surface area contributed by atoms with Gasteiger partial charge >= 0.3 is 0 Å². The Balaban J connectivity index is 1.70. The Morgan fingerprint density at radius 2 is 2.17 bits per heavy atom. The van der Waals surface area contributed by atoms with E-state index in [1.54, 1.807) is 17.7 Å². The lowest BCUT2D eigenvalue weighted by Gasteiger charge is -2.33. The molecule has 1 fully saturated rings. The summed E-state index contributed by atoms with van der Waals surface area (Å²) in [6.07, 6.45) is 5.84. The monoisotopic (exact) mass is 342 g/mol. The van der Waals surface area contributed by atoms with Crippen LogP contribution in [0.3, 0.4) is 0 Å². The Labute approximate surface area is 145 Å². The smallest absolute Gasteiger partial charge is 0.141 e. The average Bonchev–Trinajstić information content (AvgIpc) is 3.20. The summed E-state index contributed by atoms with van der Waals surface area (Å²) >= 11 is 1.76. The molecule has 0 radical (unpaired) electrons. The quantitative estimate of drug-likeness (QED) is 0.731. The molecule has 1 unspecified atom stereocenters. The van der Waals surface area contributed by atoms with Crippen LogP contribution in [0.5, 0.6) is 0 Å². The van der Waals surface area contributed by atoms with E-state index < -0.39 is 0 Å². The number of fused-ring (bicyclic) bond motifs is 1. The Morgan fingerprint density at radius 3 is 3.00 bits per heavy atom. The van der Waals surface area contributed by atoms with E-state index >= 15 is 0 Å². The van der Waals surface area contributed by atoms with E-state index in [9.17, 15) is 0 Å². The largest absolute Gasteiger partial charge is 0.355 e. The van der Waals surface area contributed by atoms with Crippen molar-refractivity contribution in [3.63, 3.8) is 0 Å². The summed E-state index contributed by atoms with van der Waals surface area (Å²) < 4.78 is 2.16. The molecule has 1 aliphatic heterocycles. The van der Waals surface area contributed by atoms with Gasteiger partial charge in [-0.25, -0.2) is 9.97 Å². The van der Waals surface area contributed by atoms with Gasteiger partial charge in [-0.15, -0.1) is 21.5 Å². The number of anilines is 1. The highest BCUT2D eigenvalue weighted by atomic mass is 32.1. The third-order valence-electron chi connectivity index (χ3n) is 5.02. The van der Waals surface area contributed by atoms with Crippen LogP contribution in [0.15, 0.2) is 12.7 Å². The summed E-state index contributed by atoms with van der Waals surface area (Å²) in [5.74, 6) is 2.59.